The highest BCUT2D eigenvalue weighted by Gasteiger charge is 2.18. The van der Waals surface area contributed by atoms with Gasteiger partial charge in [-0.2, -0.15) is 0 Å². The monoisotopic (exact) mass is 407 g/mol. The van der Waals surface area contributed by atoms with E-state index >= 15 is 0 Å². The minimum absolute atomic E-state index is 0.121. The third kappa shape index (κ3) is 4.22. The molecule has 0 aliphatic carbocycles. The summed E-state index contributed by atoms with van der Waals surface area (Å²) < 4.78 is 5.95. The van der Waals surface area contributed by atoms with Crippen molar-refractivity contribution in [1.29, 1.82) is 0 Å². The highest BCUT2D eigenvalue weighted by molar-refractivity contribution is 6.02. The van der Waals surface area contributed by atoms with Crippen LogP contribution in [0.15, 0.2) is 63.1 Å². The molecule has 0 atom stereocenters. The number of carbonyl (C=O) groups excluding carboxylic acids is 1. The first kappa shape index (κ1) is 20.8. The molecule has 0 aliphatic rings. The summed E-state index contributed by atoms with van der Waals surface area (Å²) in [7, 11) is 0. The number of nitrogens with zero attached hydrogens (tertiary/aromatic N) is 2. The molecule has 2 N–H and O–H groups in total. The first-order chi connectivity index (χ1) is 14.3. The van der Waals surface area contributed by atoms with Crippen molar-refractivity contribution >= 4 is 17.4 Å². The summed E-state index contributed by atoms with van der Waals surface area (Å²) in [5, 5.41) is 10.7. The van der Waals surface area contributed by atoms with Gasteiger partial charge in [0.05, 0.1) is 29.3 Å². The summed E-state index contributed by atoms with van der Waals surface area (Å²) in [6.45, 7) is 5.44. The topological polar surface area (TPSA) is 114 Å². The molecule has 0 saturated heterocycles. The number of ether oxygens (including phenoxy) is 1. The molecule has 1 aromatic heterocycles. The predicted molar refractivity (Wildman–Crippen MR) is 113 cm³/mol. The Morgan fingerprint density at radius 2 is 1.73 bits per heavy atom. The number of carbonyl (C=O) groups is 1. The average Bonchev–Trinajstić information content (AvgIpc) is 2.69. The van der Waals surface area contributed by atoms with Crippen LogP contribution >= 0.6 is 0 Å². The normalized spacial score (nSPS) is 11.4. The summed E-state index contributed by atoms with van der Waals surface area (Å²) in [4.78, 5) is 43.0. The number of benzene rings is 2. The second kappa shape index (κ2) is 8.60. The van der Waals surface area contributed by atoms with E-state index in [1.54, 1.807) is 62.4 Å². The van der Waals surface area contributed by atoms with Crippen LogP contribution in [0.2, 0.25) is 0 Å². The van der Waals surface area contributed by atoms with Gasteiger partial charge in [-0.1, -0.05) is 17.7 Å². The Hall–Kier alpha value is -3.94. The molecular weight excluding hydrogens is 386 g/mol. The fourth-order valence-electron chi connectivity index (χ4n) is 2.92. The third-order valence-corrected chi connectivity index (χ3v) is 4.42. The molecule has 30 heavy (non-hydrogen) atoms. The van der Waals surface area contributed by atoms with Crippen molar-refractivity contribution in [1.82, 2.24) is 9.55 Å². The number of aliphatic imine (C=N–C) groups is 1. The number of esters is 1. The first-order valence-electron chi connectivity index (χ1n) is 9.30. The van der Waals surface area contributed by atoms with E-state index in [0.717, 1.165) is 10.1 Å². The number of aryl methyl sites for hydroxylation is 1. The Bertz CT molecular complexity index is 1220. The number of aromatic amines is 1. The number of aromatic hydroxyl groups is 1. The van der Waals surface area contributed by atoms with Crippen LogP contribution < -0.4 is 11.2 Å². The van der Waals surface area contributed by atoms with Crippen LogP contribution in [0.25, 0.3) is 5.69 Å². The molecule has 3 aromatic rings. The molecule has 1 heterocycles. The molecule has 0 unspecified atom stereocenters. The Morgan fingerprint density at radius 1 is 1.10 bits per heavy atom. The van der Waals surface area contributed by atoms with Gasteiger partial charge < -0.3 is 9.84 Å². The molecule has 0 radical (unpaired) electrons. The van der Waals surface area contributed by atoms with Crippen LogP contribution in [-0.4, -0.2) is 32.9 Å². The van der Waals surface area contributed by atoms with Crippen molar-refractivity contribution in [2.24, 2.45) is 4.99 Å². The van der Waals surface area contributed by atoms with Crippen molar-refractivity contribution in [2.75, 3.05) is 6.61 Å². The molecule has 3 rings (SSSR count). The highest BCUT2D eigenvalue weighted by Crippen LogP contribution is 2.20. The molecular formula is C22H21N3O5. The van der Waals surface area contributed by atoms with Crippen LogP contribution in [0.1, 0.15) is 35.3 Å². The average molecular weight is 407 g/mol. The van der Waals surface area contributed by atoms with E-state index in [1.807, 2.05) is 6.92 Å². The Morgan fingerprint density at radius 3 is 2.33 bits per heavy atom. The predicted octanol–water partition coefficient (Wildman–Crippen LogP) is 2.86. The van der Waals surface area contributed by atoms with Gasteiger partial charge in [0.1, 0.15) is 5.56 Å². The van der Waals surface area contributed by atoms with Crippen LogP contribution in [0.3, 0.4) is 0 Å². The minimum atomic E-state index is -0.753. The second-order valence-corrected chi connectivity index (χ2v) is 6.59. The fraction of sp³-hybridized carbons (Fsp3) is 0.182. The summed E-state index contributed by atoms with van der Waals surface area (Å²) in [5.74, 6) is -0.944. The van der Waals surface area contributed by atoms with E-state index in [2.05, 4.69) is 9.98 Å². The van der Waals surface area contributed by atoms with Crippen molar-refractivity contribution in [2.45, 2.75) is 20.8 Å². The van der Waals surface area contributed by atoms with Crippen molar-refractivity contribution in [3.8, 4) is 11.6 Å². The number of hydrogen-bond donors (Lipinski definition) is 2. The maximum atomic E-state index is 12.4. The first-order valence-corrected chi connectivity index (χ1v) is 9.30. The van der Waals surface area contributed by atoms with Crippen molar-refractivity contribution in [3.05, 3.63) is 86.1 Å². The molecule has 8 heteroatoms. The summed E-state index contributed by atoms with van der Waals surface area (Å²) in [6, 6.07) is 13.2. The van der Waals surface area contributed by atoms with Gasteiger partial charge in [0, 0.05) is 0 Å². The minimum Gasteiger partial charge on any atom is -0.493 e. The van der Waals surface area contributed by atoms with Crippen molar-refractivity contribution in [3.63, 3.8) is 0 Å². The Labute approximate surface area is 172 Å². The molecule has 0 aliphatic heterocycles. The molecule has 0 fully saturated rings. The van der Waals surface area contributed by atoms with E-state index in [-0.39, 0.29) is 17.9 Å². The van der Waals surface area contributed by atoms with Crippen molar-refractivity contribution < 1.29 is 14.6 Å². The molecule has 0 spiro atoms. The largest absolute Gasteiger partial charge is 0.493 e. The molecule has 8 nitrogen and oxygen atoms in total. The van der Waals surface area contributed by atoms with Gasteiger partial charge in [0.15, 0.2) is 0 Å². The van der Waals surface area contributed by atoms with E-state index in [4.69, 9.17) is 4.74 Å². The highest BCUT2D eigenvalue weighted by atomic mass is 16.5. The summed E-state index contributed by atoms with van der Waals surface area (Å²) in [5.41, 5.74) is 0.826. The zero-order valence-corrected chi connectivity index (χ0v) is 16.8. The van der Waals surface area contributed by atoms with E-state index in [0.29, 0.717) is 16.9 Å². The number of hydrogen-bond acceptors (Lipinski definition) is 6. The van der Waals surface area contributed by atoms with Crippen LogP contribution in [0, 0.1) is 6.92 Å². The summed E-state index contributed by atoms with van der Waals surface area (Å²) in [6.07, 6.45) is 0. The van der Waals surface area contributed by atoms with Gasteiger partial charge in [-0.05, 0) is 57.2 Å². The third-order valence-electron chi connectivity index (χ3n) is 4.42. The van der Waals surface area contributed by atoms with Gasteiger partial charge in [-0.15, -0.1) is 0 Å². The van der Waals surface area contributed by atoms with Gasteiger partial charge in [0.2, 0.25) is 5.88 Å². The number of H-pyrrole nitrogens is 1. The fourth-order valence-corrected chi connectivity index (χ4v) is 2.92. The number of aromatic nitrogens is 2. The molecule has 0 bridgehead atoms. The molecule has 2 aromatic carbocycles. The maximum Gasteiger partial charge on any atom is 0.338 e. The molecule has 154 valence electrons. The standard InChI is InChI=1S/C22H21N3O5/c1-4-30-21(28)15-7-9-16(10-8-15)23-14(3)18-19(26)24-22(29)25(20(18)27)17-11-5-13(2)6-12-17/h5-12,27H,4H2,1-3H3,(H,24,26,29). The van der Waals surface area contributed by atoms with Gasteiger partial charge in [0.25, 0.3) is 5.56 Å². The van der Waals surface area contributed by atoms with E-state index < -0.39 is 23.1 Å². The lowest BCUT2D eigenvalue weighted by atomic mass is 10.1. The molecule has 0 amide bonds. The Balaban J connectivity index is 2.03. The van der Waals surface area contributed by atoms with Gasteiger partial charge in [-0.3, -0.25) is 14.8 Å². The number of nitrogens with one attached hydrogen (secondary N) is 1. The zero-order valence-electron chi connectivity index (χ0n) is 16.8. The molecule has 0 saturated carbocycles. The maximum absolute atomic E-state index is 12.4. The lowest BCUT2D eigenvalue weighted by molar-refractivity contribution is 0.0526. The lowest BCUT2D eigenvalue weighted by Gasteiger charge is -2.11. The van der Waals surface area contributed by atoms with Gasteiger partial charge >= 0.3 is 11.7 Å². The van der Waals surface area contributed by atoms with E-state index in [9.17, 15) is 19.5 Å². The van der Waals surface area contributed by atoms with Crippen LogP contribution in [-0.2, 0) is 4.74 Å². The van der Waals surface area contributed by atoms with Crippen LogP contribution in [0.5, 0.6) is 5.88 Å². The zero-order chi connectivity index (χ0) is 21.8. The lowest BCUT2D eigenvalue weighted by Crippen LogP contribution is -2.32. The van der Waals surface area contributed by atoms with E-state index in [1.165, 1.54) is 0 Å². The Kier molecular flexibility index (Phi) is 5.96. The summed E-state index contributed by atoms with van der Waals surface area (Å²) >= 11 is 0. The SMILES string of the molecule is CCOC(=O)c1ccc(N=C(C)c2c(O)n(-c3ccc(C)cc3)c(=O)[nH]c2=O)cc1. The second-order valence-electron chi connectivity index (χ2n) is 6.59. The smallest absolute Gasteiger partial charge is 0.338 e. The number of rotatable bonds is 5. The quantitative estimate of drug-likeness (QED) is 0.499. The van der Waals surface area contributed by atoms with Gasteiger partial charge in [-0.25, -0.2) is 14.2 Å². The van der Waals surface area contributed by atoms with Crippen LogP contribution in [0.4, 0.5) is 5.69 Å².